The number of aryl methyl sites for hydroxylation is 2. The molecule has 0 spiro atoms. The molecule has 1 aliphatic rings. The molecule has 1 aromatic carbocycles. The van der Waals surface area contributed by atoms with Gasteiger partial charge in [0.25, 0.3) is 5.24 Å². The summed E-state index contributed by atoms with van der Waals surface area (Å²) in [6.45, 7) is 6.17. The maximum absolute atomic E-state index is 12.6. The number of aliphatic hydroxyl groups excluding tert-OH is 1. The monoisotopic (exact) mass is 350 g/mol. The van der Waals surface area contributed by atoms with E-state index in [1.54, 1.807) is 6.07 Å². The Morgan fingerprint density at radius 3 is 2.62 bits per heavy atom. The van der Waals surface area contributed by atoms with E-state index in [4.69, 9.17) is 5.11 Å². The van der Waals surface area contributed by atoms with Crippen LogP contribution in [-0.4, -0.2) is 52.0 Å². The molecule has 1 fully saturated rings. The van der Waals surface area contributed by atoms with Crippen LogP contribution in [0.2, 0.25) is 0 Å². The van der Waals surface area contributed by atoms with Crippen LogP contribution in [0.5, 0.6) is 0 Å². The second-order valence-corrected chi connectivity index (χ2v) is 6.89. The SMILES string of the molecule is CCN(CCO)C(=O)CC1SC(=O)N(c2ccc(C)cc2C)C1=O. The molecule has 1 heterocycles. The zero-order valence-electron chi connectivity index (χ0n) is 14.1. The highest BCUT2D eigenvalue weighted by molar-refractivity contribution is 8.15. The molecule has 1 atom stereocenters. The van der Waals surface area contributed by atoms with Crippen molar-refractivity contribution in [3.63, 3.8) is 0 Å². The van der Waals surface area contributed by atoms with E-state index in [-0.39, 0.29) is 36.6 Å². The minimum absolute atomic E-state index is 0.0372. The maximum atomic E-state index is 12.6. The van der Waals surface area contributed by atoms with Gasteiger partial charge in [-0.05, 0) is 44.2 Å². The largest absolute Gasteiger partial charge is 0.395 e. The Kier molecular flexibility index (Phi) is 6.01. The van der Waals surface area contributed by atoms with Crippen LogP contribution >= 0.6 is 11.8 Å². The summed E-state index contributed by atoms with van der Waals surface area (Å²) in [6, 6.07) is 5.53. The average Bonchev–Trinajstić information content (AvgIpc) is 2.79. The molecule has 0 saturated carbocycles. The van der Waals surface area contributed by atoms with Gasteiger partial charge in [0.05, 0.1) is 12.3 Å². The van der Waals surface area contributed by atoms with E-state index in [2.05, 4.69) is 0 Å². The van der Waals surface area contributed by atoms with Gasteiger partial charge in [-0.3, -0.25) is 14.4 Å². The lowest BCUT2D eigenvalue weighted by atomic mass is 10.1. The molecule has 0 aliphatic carbocycles. The van der Waals surface area contributed by atoms with Crippen molar-refractivity contribution in [1.82, 2.24) is 4.90 Å². The molecule has 130 valence electrons. The second kappa shape index (κ2) is 7.81. The molecule has 1 unspecified atom stereocenters. The smallest absolute Gasteiger partial charge is 0.293 e. The van der Waals surface area contributed by atoms with E-state index in [1.165, 1.54) is 9.80 Å². The fraction of sp³-hybridized carbons (Fsp3) is 0.471. The number of carbonyl (C=O) groups excluding carboxylic acids is 3. The second-order valence-electron chi connectivity index (χ2n) is 5.74. The van der Waals surface area contributed by atoms with Crippen molar-refractivity contribution in [2.75, 3.05) is 24.6 Å². The maximum Gasteiger partial charge on any atom is 0.293 e. The van der Waals surface area contributed by atoms with E-state index in [9.17, 15) is 14.4 Å². The molecule has 7 heteroatoms. The molecule has 6 nitrogen and oxygen atoms in total. The first kappa shape index (κ1) is 18.5. The lowest BCUT2D eigenvalue weighted by molar-refractivity contribution is -0.133. The van der Waals surface area contributed by atoms with Crippen molar-refractivity contribution in [3.8, 4) is 0 Å². The predicted molar refractivity (Wildman–Crippen MR) is 94.1 cm³/mol. The number of amides is 3. The van der Waals surface area contributed by atoms with Crippen LogP contribution < -0.4 is 4.90 Å². The fourth-order valence-corrected chi connectivity index (χ4v) is 3.70. The van der Waals surface area contributed by atoms with Gasteiger partial charge in [0, 0.05) is 19.5 Å². The zero-order valence-corrected chi connectivity index (χ0v) is 14.9. The quantitative estimate of drug-likeness (QED) is 0.850. The summed E-state index contributed by atoms with van der Waals surface area (Å²) in [5.41, 5.74) is 2.47. The number of thioether (sulfide) groups is 1. The fourth-order valence-electron chi connectivity index (χ4n) is 2.73. The van der Waals surface area contributed by atoms with Crippen LogP contribution in [0.15, 0.2) is 18.2 Å². The topological polar surface area (TPSA) is 77.9 Å². The summed E-state index contributed by atoms with van der Waals surface area (Å²) in [7, 11) is 0. The van der Waals surface area contributed by atoms with Crippen LogP contribution in [0.3, 0.4) is 0 Å². The summed E-state index contributed by atoms with van der Waals surface area (Å²) < 4.78 is 0. The first-order valence-corrected chi connectivity index (χ1v) is 8.77. The molecule has 2 rings (SSSR count). The van der Waals surface area contributed by atoms with Gasteiger partial charge in [-0.2, -0.15) is 0 Å². The molecule has 1 aliphatic heterocycles. The number of benzene rings is 1. The summed E-state index contributed by atoms with van der Waals surface area (Å²) in [6.07, 6.45) is -0.0372. The summed E-state index contributed by atoms with van der Waals surface area (Å²) >= 11 is 0.891. The average molecular weight is 350 g/mol. The lowest BCUT2D eigenvalue weighted by Gasteiger charge is -2.21. The number of carbonyl (C=O) groups is 3. The van der Waals surface area contributed by atoms with Gasteiger partial charge in [-0.1, -0.05) is 17.7 Å². The number of hydrogen-bond donors (Lipinski definition) is 1. The molecule has 3 amide bonds. The third-order valence-electron chi connectivity index (χ3n) is 3.98. The van der Waals surface area contributed by atoms with Crippen LogP contribution in [0.1, 0.15) is 24.5 Å². The number of hydrogen-bond acceptors (Lipinski definition) is 5. The van der Waals surface area contributed by atoms with E-state index in [1.807, 2.05) is 32.9 Å². The first-order chi connectivity index (χ1) is 11.4. The van der Waals surface area contributed by atoms with E-state index in [0.29, 0.717) is 12.2 Å². The van der Waals surface area contributed by atoms with Gasteiger partial charge < -0.3 is 10.0 Å². The summed E-state index contributed by atoms with van der Waals surface area (Å²) in [5, 5.41) is 7.93. The Bertz CT molecular complexity index is 662. The van der Waals surface area contributed by atoms with Crippen LogP contribution in [0, 0.1) is 13.8 Å². The molecular formula is C17H22N2O4S. The minimum Gasteiger partial charge on any atom is -0.395 e. The highest BCUT2D eigenvalue weighted by Crippen LogP contribution is 2.35. The Balaban J connectivity index is 2.15. The van der Waals surface area contributed by atoms with E-state index in [0.717, 1.165) is 22.9 Å². The molecule has 24 heavy (non-hydrogen) atoms. The molecular weight excluding hydrogens is 328 g/mol. The van der Waals surface area contributed by atoms with Crippen LogP contribution in [0.4, 0.5) is 10.5 Å². The van der Waals surface area contributed by atoms with Crippen LogP contribution in [0.25, 0.3) is 0 Å². The molecule has 0 aromatic heterocycles. The number of rotatable bonds is 6. The number of likely N-dealkylation sites (N-methyl/N-ethyl adjacent to an activating group) is 1. The highest BCUT2D eigenvalue weighted by atomic mass is 32.2. The first-order valence-electron chi connectivity index (χ1n) is 7.89. The molecule has 0 radical (unpaired) electrons. The van der Waals surface area contributed by atoms with Gasteiger partial charge in [-0.15, -0.1) is 0 Å². The third kappa shape index (κ3) is 3.79. The number of imide groups is 1. The van der Waals surface area contributed by atoms with Crippen molar-refractivity contribution in [2.24, 2.45) is 0 Å². The van der Waals surface area contributed by atoms with Crippen molar-refractivity contribution < 1.29 is 19.5 Å². The molecule has 1 N–H and O–H groups in total. The third-order valence-corrected chi connectivity index (χ3v) is 5.02. The normalized spacial score (nSPS) is 17.5. The van der Waals surface area contributed by atoms with Gasteiger partial charge in [0.1, 0.15) is 5.25 Å². The van der Waals surface area contributed by atoms with Gasteiger partial charge >= 0.3 is 0 Å². The van der Waals surface area contributed by atoms with Crippen molar-refractivity contribution in [3.05, 3.63) is 29.3 Å². The van der Waals surface area contributed by atoms with E-state index >= 15 is 0 Å². The molecule has 1 saturated heterocycles. The molecule has 1 aromatic rings. The predicted octanol–water partition coefficient (Wildman–Crippen LogP) is 2.10. The minimum atomic E-state index is -0.710. The number of anilines is 1. The number of aliphatic hydroxyl groups is 1. The number of nitrogens with zero attached hydrogens (tertiary/aromatic N) is 2. The summed E-state index contributed by atoms with van der Waals surface area (Å²) in [4.78, 5) is 39.8. The zero-order chi connectivity index (χ0) is 17.9. The van der Waals surface area contributed by atoms with Crippen molar-refractivity contribution >= 4 is 34.5 Å². The van der Waals surface area contributed by atoms with Gasteiger partial charge in [-0.25, -0.2) is 4.90 Å². The Morgan fingerprint density at radius 2 is 2.04 bits per heavy atom. The van der Waals surface area contributed by atoms with Crippen molar-refractivity contribution in [2.45, 2.75) is 32.4 Å². The summed E-state index contributed by atoms with van der Waals surface area (Å²) in [5.74, 6) is -0.585. The molecule has 0 bridgehead atoms. The van der Waals surface area contributed by atoms with E-state index < -0.39 is 5.25 Å². The van der Waals surface area contributed by atoms with Crippen LogP contribution in [-0.2, 0) is 9.59 Å². The Morgan fingerprint density at radius 1 is 1.33 bits per heavy atom. The lowest BCUT2D eigenvalue weighted by Crippen LogP contribution is -2.38. The van der Waals surface area contributed by atoms with Gasteiger partial charge in [0.2, 0.25) is 11.8 Å². The Labute approximate surface area is 145 Å². The standard InChI is InChI=1S/C17H22N2O4S/c1-4-18(7-8-20)15(21)10-14-16(22)19(17(23)24-14)13-6-5-11(2)9-12(13)3/h5-6,9,14,20H,4,7-8,10H2,1-3H3. The Hall–Kier alpha value is -1.86. The van der Waals surface area contributed by atoms with Crippen molar-refractivity contribution in [1.29, 1.82) is 0 Å². The highest BCUT2D eigenvalue weighted by Gasteiger charge is 2.42. The van der Waals surface area contributed by atoms with Gasteiger partial charge in [0.15, 0.2) is 0 Å².